The first-order valence-electron chi connectivity index (χ1n) is 4.36. The van der Waals surface area contributed by atoms with Gasteiger partial charge in [0.1, 0.15) is 18.3 Å². The second-order valence-corrected chi connectivity index (χ2v) is 3.24. The second-order valence-electron chi connectivity index (χ2n) is 3.24. The first-order valence-corrected chi connectivity index (χ1v) is 4.36. The third-order valence-electron chi connectivity index (χ3n) is 2.39. The van der Waals surface area contributed by atoms with Crippen molar-refractivity contribution in [3.63, 3.8) is 0 Å². The molecule has 0 aromatic heterocycles. The molecule has 1 heterocycles. The summed E-state index contributed by atoms with van der Waals surface area (Å²) in [5.41, 5.74) is 0. The van der Waals surface area contributed by atoms with Crippen LogP contribution in [0.1, 0.15) is 13.8 Å². The van der Waals surface area contributed by atoms with Crippen molar-refractivity contribution in [3.8, 4) is 0 Å². The number of Topliss-reactive ketones (excluding diaryl/α,β-unsaturated/α-hetero) is 1. The van der Waals surface area contributed by atoms with Gasteiger partial charge in [0.15, 0.2) is 5.78 Å². The molecule has 4 atom stereocenters. The Morgan fingerprint density at radius 2 is 1.85 bits per heavy atom. The summed E-state index contributed by atoms with van der Waals surface area (Å²) in [6.45, 7) is 3.61. The van der Waals surface area contributed by atoms with Gasteiger partial charge in [0, 0.05) is 14.2 Å². The molecule has 1 rings (SSSR count). The minimum Gasteiger partial charge on any atom is -0.376 e. The van der Waals surface area contributed by atoms with E-state index < -0.39 is 12.2 Å². The van der Waals surface area contributed by atoms with Crippen molar-refractivity contribution >= 4 is 5.78 Å². The topological polar surface area (TPSA) is 44.8 Å². The number of carbonyl (C=O) groups excluding carboxylic acids is 1. The molecule has 0 bridgehead atoms. The van der Waals surface area contributed by atoms with E-state index in [0.29, 0.717) is 0 Å². The van der Waals surface area contributed by atoms with E-state index in [9.17, 15) is 4.79 Å². The highest BCUT2D eigenvalue weighted by Crippen LogP contribution is 2.21. The van der Waals surface area contributed by atoms with Crippen LogP contribution in [0.15, 0.2) is 0 Å². The van der Waals surface area contributed by atoms with Gasteiger partial charge < -0.3 is 14.2 Å². The van der Waals surface area contributed by atoms with E-state index in [-0.39, 0.29) is 18.0 Å². The lowest BCUT2D eigenvalue weighted by atomic mass is 9.98. The Morgan fingerprint density at radius 1 is 1.23 bits per heavy atom. The van der Waals surface area contributed by atoms with Gasteiger partial charge >= 0.3 is 0 Å². The molecule has 0 spiro atoms. The van der Waals surface area contributed by atoms with Gasteiger partial charge in [-0.25, -0.2) is 0 Å². The van der Waals surface area contributed by atoms with Crippen LogP contribution in [0.3, 0.4) is 0 Å². The number of carbonyl (C=O) groups is 1. The van der Waals surface area contributed by atoms with Crippen molar-refractivity contribution in [1.29, 1.82) is 0 Å². The summed E-state index contributed by atoms with van der Waals surface area (Å²) in [5.74, 6) is -0.0487. The molecular formula is C9H16O4. The van der Waals surface area contributed by atoms with Crippen molar-refractivity contribution in [2.45, 2.75) is 38.3 Å². The molecule has 0 aromatic rings. The number of hydrogen-bond donors (Lipinski definition) is 0. The van der Waals surface area contributed by atoms with Crippen LogP contribution in [0.4, 0.5) is 0 Å². The summed E-state index contributed by atoms with van der Waals surface area (Å²) >= 11 is 0. The van der Waals surface area contributed by atoms with Crippen LogP contribution in [0.25, 0.3) is 0 Å². The van der Waals surface area contributed by atoms with Crippen molar-refractivity contribution in [2.75, 3.05) is 14.2 Å². The third kappa shape index (κ3) is 1.90. The highest BCUT2D eigenvalue weighted by Gasteiger charge is 2.41. The fourth-order valence-corrected chi connectivity index (χ4v) is 1.67. The van der Waals surface area contributed by atoms with Gasteiger partial charge in [-0.3, -0.25) is 4.79 Å². The van der Waals surface area contributed by atoms with Gasteiger partial charge in [-0.2, -0.15) is 0 Å². The number of rotatable bonds is 2. The summed E-state index contributed by atoms with van der Waals surface area (Å²) in [4.78, 5) is 11.5. The van der Waals surface area contributed by atoms with E-state index in [1.165, 1.54) is 7.11 Å². The van der Waals surface area contributed by atoms with Crippen LogP contribution in [-0.2, 0) is 19.0 Å². The number of methoxy groups -OCH3 is 2. The molecule has 76 valence electrons. The van der Waals surface area contributed by atoms with Crippen molar-refractivity contribution < 1.29 is 19.0 Å². The predicted molar refractivity (Wildman–Crippen MR) is 46.6 cm³/mol. The molecule has 0 aromatic carbocycles. The molecular weight excluding hydrogens is 172 g/mol. The summed E-state index contributed by atoms with van der Waals surface area (Å²) in [6.07, 6.45) is -1.30. The molecule has 1 aliphatic rings. The Balaban J connectivity index is 2.77. The van der Waals surface area contributed by atoms with Gasteiger partial charge in [-0.15, -0.1) is 0 Å². The lowest BCUT2D eigenvalue weighted by molar-refractivity contribution is -0.186. The lowest BCUT2D eigenvalue weighted by Gasteiger charge is -2.36. The van der Waals surface area contributed by atoms with Crippen LogP contribution in [0, 0.1) is 0 Å². The van der Waals surface area contributed by atoms with Crippen molar-refractivity contribution in [1.82, 2.24) is 0 Å². The summed E-state index contributed by atoms with van der Waals surface area (Å²) in [6, 6.07) is 0. The van der Waals surface area contributed by atoms with Crippen LogP contribution >= 0.6 is 0 Å². The Bertz CT molecular complexity index is 192. The molecule has 0 N–H and O–H groups in total. The predicted octanol–water partition coefficient (Wildman–Crippen LogP) is 0.393. The van der Waals surface area contributed by atoms with Gasteiger partial charge in [0.25, 0.3) is 0 Å². The summed E-state index contributed by atoms with van der Waals surface area (Å²) in [5, 5.41) is 0. The molecule has 2 unspecified atom stereocenters. The maximum absolute atomic E-state index is 11.5. The van der Waals surface area contributed by atoms with Crippen LogP contribution < -0.4 is 0 Å². The zero-order chi connectivity index (χ0) is 10.0. The monoisotopic (exact) mass is 188 g/mol. The largest absolute Gasteiger partial charge is 0.376 e. The molecule has 1 aliphatic heterocycles. The average molecular weight is 188 g/mol. The van der Waals surface area contributed by atoms with Crippen molar-refractivity contribution in [2.24, 2.45) is 0 Å². The molecule has 4 heteroatoms. The first kappa shape index (κ1) is 10.6. The zero-order valence-corrected chi connectivity index (χ0v) is 8.44. The second kappa shape index (κ2) is 4.17. The molecule has 1 fully saturated rings. The first-order chi connectivity index (χ1) is 6.11. The normalized spacial score (nSPS) is 40.8. The Hall–Kier alpha value is -0.450. The fraction of sp³-hybridized carbons (Fsp3) is 0.889. The fourth-order valence-electron chi connectivity index (χ4n) is 1.67. The standard InChI is InChI=1S/C9H16O4/c1-5-7(10)9(12-4)8(11-3)6(2)13-5/h5-6,8-9H,1-4H3/t5-,6?,8-,9?/m0/s1. The van der Waals surface area contributed by atoms with Gasteiger partial charge in [0.2, 0.25) is 0 Å². The van der Waals surface area contributed by atoms with E-state index in [4.69, 9.17) is 14.2 Å². The summed E-state index contributed by atoms with van der Waals surface area (Å²) in [7, 11) is 3.07. The van der Waals surface area contributed by atoms with E-state index in [2.05, 4.69) is 0 Å². The Labute approximate surface area is 78.2 Å². The Morgan fingerprint density at radius 3 is 2.31 bits per heavy atom. The highest BCUT2D eigenvalue weighted by atomic mass is 16.6. The van der Waals surface area contributed by atoms with E-state index in [0.717, 1.165) is 0 Å². The average Bonchev–Trinajstić information content (AvgIpc) is 2.10. The van der Waals surface area contributed by atoms with Gasteiger partial charge in [0.05, 0.1) is 6.10 Å². The van der Waals surface area contributed by atoms with E-state index >= 15 is 0 Å². The molecule has 0 saturated carbocycles. The minimum absolute atomic E-state index is 0.0487. The smallest absolute Gasteiger partial charge is 0.192 e. The molecule has 13 heavy (non-hydrogen) atoms. The van der Waals surface area contributed by atoms with E-state index in [1.807, 2.05) is 6.92 Å². The highest BCUT2D eigenvalue weighted by molar-refractivity contribution is 5.88. The van der Waals surface area contributed by atoms with Crippen LogP contribution in [-0.4, -0.2) is 44.4 Å². The molecule has 0 aliphatic carbocycles. The molecule has 0 radical (unpaired) electrons. The van der Waals surface area contributed by atoms with Crippen LogP contribution in [0.2, 0.25) is 0 Å². The summed E-state index contributed by atoms with van der Waals surface area (Å²) < 4.78 is 15.6. The minimum atomic E-state index is -0.497. The molecule has 0 amide bonds. The van der Waals surface area contributed by atoms with Gasteiger partial charge in [-0.1, -0.05) is 0 Å². The maximum atomic E-state index is 11.5. The lowest BCUT2D eigenvalue weighted by Crippen LogP contribution is -2.54. The van der Waals surface area contributed by atoms with Crippen molar-refractivity contribution in [3.05, 3.63) is 0 Å². The van der Waals surface area contributed by atoms with E-state index in [1.54, 1.807) is 14.0 Å². The Kier molecular flexibility index (Phi) is 3.41. The number of ketones is 1. The zero-order valence-electron chi connectivity index (χ0n) is 8.44. The number of ether oxygens (including phenoxy) is 3. The van der Waals surface area contributed by atoms with Crippen LogP contribution in [0.5, 0.6) is 0 Å². The maximum Gasteiger partial charge on any atom is 0.192 e. The SMILES string of the molecule is COC1C(=O)[C@H](C)OC(C)[C@@H]1OC. The number of hydrogen-bond acceptors (Lipinski definition) is 4. The molecule has 1 saturated heterocycles. The molecule has 4 nitrogen and oxygen atoms in total. The third-order valence-corrected chi connectivity index (χ3v) is 2.39. The van der Waals surface area contributed by atoms with Gasteiger partial charge in [-0.05, 0) is 13.8 Å². The quantitative estimate of drug-likeness (QED) is 0.629.